The van der Waals surface area contributed by atoms with Gasteiger partial charge >= 0.3 is 0 Å². The van der Waals surface area contributed by atoms with Crippen LogP contribution in [0.1, 0.15) is 50.2 Å². The Morgan fingerprint density at radius 1 is 1.10 bits per heavy atom. The van der Waals surface area contributed by atoms with Crippen molar-refractivity contribution >= 4 is 22.5 Å². The lowest BCUT2D eigenvalue weighted by atomic mass is 9.77. The molecule has 0 atom stereocenters. The second kappa shape index (κ2) is 8.24. The molecule has 0 aliphatic heterocycles. The van der Waals surface area contributed by atoms with E-state index in [2.05, 4.69) is 48.4 Å². The predicted octanol–water partition coefficient (Wildman–Crippen LogP) is 5.78. The lowest BCUT2D eigenvalue weighted by Crippen LogP contribution is -2.38. The summed E-state index contributed by atoms with van der Waals surface area (Å²) in [6.45, 7) is 4.80. The molecule has 4 heteroatoms. The lowest BCUT2D eigenvalue weighted by molar-refractivity contribution is -0.121. The average molecular weight is 389 g/mol. The van der Waals surface area contributed by atoms with Crippen LogP contribution in [0, 0.1) is 6.92 Å². The van der Waals surface area contributed by atoms with Crippen molar-refractivity contribution in [1.82, 2.24) is 4.98 Å². The Morgan fingerprint density at radius 2 is 1.86 bits per heavy atom. The Labute approximate surface area is 172 Å². The lowest BCUT2D eigenvalue weighted by Gasteiger charge is -2.29. The summed E-state index contributed by atoms with van der Waals surface area (Å²) >= 11 is 0. The maximum atomic E-state index is 13.6. The van der Waals surface area contributed by atoms with Crippen molar-refractivity contribution in [2.24, 2.45) is 0 Å². The number of benzene rings is 2. The van der Waals surface area contributed by atoms with Crippen LogP contribution >= 0.6 is 0 Å². The van der Waals surface area contributed by atoms with Crippen molar-refractivity contribution in [3.05, 3.63) is 65.9 Å². The van der Waals surface area contributed by atoms with Crippen molar-refractivity contribution < 1.29 is 9.53 Å². The van der Waals surface area contributed by atoms with E-state index >= 15 is 0 Å². The van der Waals surface area contributed by atoms with E-state index in [1.54, 1.807) is 6.20 Å². The molecule has 1 aliphatic carbocycles. The van der Waals surface area contributed by atoms with Crippen molar-refractivity contribution in [2.45, 2.75) is 51.4 Å². The minimum Gasteiger partial charge on any atom is -0.491 e. The fourth-order valence-electron chi connectivity index (χ4n) is 4.32. The predicted molar refractivity (Wildman–Crippen MR) is 117 cm³/mol. The Kier molecular flexibility index (Phi) is 5.52. The molecule has 1 aliphatic rings. The highest BCUT2D eigenvalue weighted by atomic mass is 16.5. The fraction of sp³-hybridized carbons (Fsp3) is 0.360. The highest BCUT2D eigenvalue weighted by Crippen LogP contribution is 2.42. The number of hydrogen-bond donors (Lipinski definition) is 1. The van der Waals surface area contributed by atoms with Gasteiger partial charge in [0.1, 0.15) is 11.3 Å². The molecule has 1 aromatic heterocycles. The summed E-state index contributed by atoms with van der Waals surface area (Å²) in [7, 11) is 0. The van der Waals surface area contributed by atoms with Crippen LogP contribution in [0.15, 0.2) is 54.7 Å². The van der Waals surface area contributed by atoms with E-state index in [4.69, 9.17) is 4.74 Å². The first-order valence-corrected chi connectivity index (χ1v) is 10.5. The average Bonchev–Trinajstić information content (AvgIpc) is 3.25. The van der Waals surface area contributed by atoms with Crippen LogP contribution < -0.4 is 10.1 Å². The second-order valence-electron chi connectivity index (χ2n) is 7.97. The first-order chi connectivity index (χ1) is 14.1. The maximum Gasteiger partial charge on any atom is 0.235 e. The molecule has 3 aromatic rings. The summed E-state index contributed by atoms with van der Waals surface area (Å²) < 4.78 is 5.85. The zero-order chi connectivity index (χ0) is 20.3. The first-order valence-electron chi connectivity index (χ1n) is 10.5. The normalized spacial score (nSPS) is 15.4. The SMILES string of the molecule is CCCOc1ccc(NC(=O)C2(c3ccc(C)cc3)CCCC2)c2cccnc12. The van der Waals surface area contributed by atoms with Crippen LogP contribution in [0.5, 0.6) is 5.75 Å². The van der Waals surface area contributed by atoms with E-state index in [0.29, 0.717) is 6.61 Å². The van der Waals surface area contributed by atoms with E-state index in [0.717, 1.165) is 60.0 Å². The molecule has 1 saturated carbocycles. The van der Waals surface area contributed by atoms with Gasteiger partial charge in [-0.05, 0) is 56.0 Å². The molecule has 4 nitrogen and oxygen atoms in total. The Balaban J connectivity index is 1.68. The van der Waals surface area contributed by atoms with Crippen LogP contribution in [-0.2, 0) is 10.2 Å². The molecule has 150 valence electrons. The number of carbonyl (C=O) groups is 1. The maximum absolute atomic E-state index is 13.6. The minimum atomic E-state index is -0.459. The van der Waals surface area contributed by atoms with Gasteiger partial charge in [-0.15, -0.1) is 0 Å². The first kappa shape index (κ1) is 19.4. The Bertz CT molecular complexity index is 1010. The number of anilines is 1. The zero-order valence-electron chi connectivity index (χ0n) is 17.2. The molecule has 0 unspecified atom stereocenters. The van der Waals surface area contributed by atoms with Gasteiger partial charge in [-0.25, -0.2) is 0 Å². The second-order valence-corrected chi connectivity index (χ2v) is 7.97. The molecule has 1 amide bonds. The number of rotatable bonds is 6. The summed E-state index contributed by atoms with van der Waals surface area (Å²) in [6, 6.07) is 16.2. The Hall–Kier alpha value is -2.88. The molecule has 0 radical (unpaired) electrons. The highest BCUT2D eigenvalue weighted by Gasteiger charge is 2.42. The van der Waals surface area contributed by atoms with Gasteiger partial charge in [0.2, 0.25) is 5.91 Å². The van der Waals surface area contributed by atoms with Gasteiger partial charge in [-0.3, -0.25) is 9.78 Å². The largest absolute Gasteiger partial charge is 0.491 e. The molecule has 2 aromatic carbocycles. The smallest absolute Gasteiger partial charge is 0.235 e. The van der Waals surface area contributed by atoms with E-state index in [1.165, 1.54) is 5.56 Å². The Morgan fingerprint density at radius 3 is 2.59 bits per heavy atom. The third-order valence-corrected chi connectivity index (χ3v) is 5.94. The third kappa shape index (κ3) is 3.71. The van der Waals surface area contributed by atoms with Gasteiger partial charge in [0.05, 0.1) is 17.7 Å². The number of nitrogens with one attached hydrogen (secondary N) is 1. The number of fused-ring (bicyclic) bond motifs is 1. The molecule has 1 fully saturated rings. The monoisotopic (exact) mass is 388 g/mol. The van der Waals surface area contributed by atoms with Crippen LogP contribution in [0.4, 0.5) is 5.69 Å². The molecule has 0 spiro atoms. The molecular weight excluding hydrogens is 360 g/mol. The van der Waals surface area contributed by atoms with Gasteiger partial charge in [0.25, 0.3) is 0 Å². The van der Waals surface area contributed by atoms with Crippen LogP contribution in [-0.4, -0.2) is 17.5 Å². The van der Waals surface area contributed by atoms with Gasteiger partial charge in [-0.1, -0.05) is 49.6 Å². The minimum absolute atomic E-state index is 0.0752. The number of nitrogens with zero attached hydrogens (tertiary/aromatic N) is 1. The number of pyridine rings is 1. The van der Waals surface area contributed by atoms with Crippen molar-refractivity contribution in [3.8, 4) is 5.75 Å². The third-order valence-electron chi connectivity index (χ3n) is 5.94. The van der Waals surface area contributed by atoms with E-state index in [-0.39, 0.29) is 5.91 Å². The van der Waals surface area contributed by atoms with E-state index < -0.39 is 5.41 Å². The molecule has 0 bridgehead atoms. The highest BCUT2D eigenvalue weighted by molar-refractivity contribution is 6.06. The molecule has 29 heavy (non-hydrogen) atoms. The van der Waals surface area contributed by atoms with Crippen molar-refractivity contribution in [2.75, 3.05) is 11.9 Å². The number of ether oxygens (including phenoxy) is 1. The summed E-state index contributed by atoms with van der Waals surface area (Å²) in [5.74, 6) is 0.834. The van der Waals surface area contributed by atoms with E-state index in [1.807, 2.05) is 24.3 Å². The quantitative estimate of drug-likeness (QED) is 0.582. The zero-order valence-corrected chi connectivity index (χ0v) is 17.2. The van der Waals surface area contributed by atoms with Crippen molar-refractivity contribution in [3.63, 3.8) is 0 Å². The molecule has 0 saturated heterocycles. The van der Waals surface area contributed by atoms with Gasteiger partial charge in [-0.2, -0.15) is 0 Å². The summed E-state index contributed by atoms with van der Waals surface area (Å²) in [4.78, 5) is 18.1. The van der Waals surface area contributed by atoms with E-state index in [9.17, 15) is 4.79 Å². The number of carbonyl (C=O) groups excluding carboxylic acids is 1. The summed E-state index contributed by atoms with van der Waals surface area (Å²) in [6.07, 6.45) is 6.62. The fourth-order valence-corrected chi connectivity index (χ4v) is 4.32. The van der Waals surface area contributed by atoms with Crippen LogP contribution in [0.25, 0.3) is 10.9 Å². The molecular formula is C25H28N2O2. The molecule has 1 N–H and O–H groups in total. The topological polar surface area (TPSA) is 51.2 Å². The standard InChI is InChI=1S/C25H28N2O2/c1-3-17-29-22-13-12-21(20-7-6-16-26-23(20)22)27-24(28)25(14-4-5-15-25)19-10-8-18(2)9-11-19/h6-13,16H,3-5,14-15,17H2,1-2H3,(H,27,28). The number of aromatic nitrogens is 1. The number of amides is 1. The van der Waals surface area contributed by atoms with Gasteiger partial charge < -0.3 is 10.1 Å². The molecule has 4 rings (SSSR count). The van der Waals surface area contributed by atoms with Crippen LogP contribution in [0.2, 0.25) is 0 Å². The number of hydrogen-bond acceptors (Lipinski definition) is 3. The van der Waals surface area contributed by atoms with Gasteiger partial charge in [0, 0.05) is 11.6 Å². The van der Waals surface area contributed by atoms with Gasteiger partial charge in [0.15, 0.2) is 0 Å². The van der Waals surface area contributed by atoms with Crippen molar-refractivity contribution in [1.29, 1.82) is 0 Å². The summed E-state index contributed by atoms with van der Waals surface area (Å²) in [5, 5.41) is 4.14. The molecule has 1 heterocycles. The van der Waals surface area contributed by atoms with Crippen LogP contribution in [0.3, 0.4) is 0 Å². The number of aryl methyl sites for hydroxylation is 1. The summed E-state index contributed by atoms with van der Waals surface area (Å²) in [5.41, 5.74) is 3.44.